The lowest BCUT2D eigenvalue weighted by Crippen LogP contribution is -2.06. The molecule has 0 aliphatic carbocycles. The number of nitrogens with one attached hydrogen (secondary N) is 1. The minimum Gasteiger partial charge on any atom is -0.349 e. The van der Waals surface area contributed by atoms with E-state index < -0.39 is 0 Å². The van der Waals surface area contributed by atoms with Crippen LogP contribution in [0, 0.1) is 13.8 Å². The number of anilines is 1. The molecule has 0 spiro atoms. The van der Waals surface area contributed by atoms with Gasteiger partial charge in [-0.3, -0.25) is 0 Å². The van der Waals surface area contributed by atoms with E-state index in [1.54, 1.807) is 11.3 Å². The van der Waals surface area contributed by atoms with Gasteiger partial charge in [0.2, 0.25) is 5.95 Å². The SMILES string of the molecule is Cc1cc(C(C)C)nc(NCc2ccc(C)s2)n1. The lowest BCUT2D eigenvalue weighted by Gasteiger charge is -2.09. The van der Waals surface area contributed by atoms with Crippen molar-refractivity contribution in [2.24, 2.45) is 0 Å². The van der Waals surface area contributed by atoms with E-state index in [4.69, 9.17) is 0 Å². The quantitative estimate of drug-likeness (QED) is 0.907. The molecule has 96 valence electrons. The Morgan fingerprint density at radius 2 is 2.00 bits per heavy atom. The third kappa shape index (κ3) is 3.29. The molecular formula is C14H19N3S. The molecule has 4 heteroatoms. The Morgan fingerprint density at radius 1 is 1.22 bits per heavy atom. The zero-order valence-electron chi connectivity index (χ0n) is 11.3. The minimum absolute atomic E-state index is 0.427. The fraction of sp³-hybridized carbons (Fsp3) is 0.429. The van der Waals surface area contributed by atoms with Gasteiger partial charge >= 0.3 is 0 Å². The highest BCUT2D eigenvalue weighted by Crippen LogP contribution is 2.17. The summed E-state index contributed by atoms with van der Waals surface area (Å²) in [5.74, 6) is 1.15. The maximum Gasteiger partial charge on any atom is 0.223 e. The summed E-state index contributed by atoms with van der Waals surface area (Å²) in [5, 5.41) is 3.30. The lowest BCUT2D eigenvalue weighted by atomic mass is 10.1. The van der Waals surface area contributed by atoms with E-state index in [1.807, 2.05) is 13.0 Å². The summed E-state index contributed by atoms with van der Waals surface area (Å²) in [6, 6.07) is 6.33. The minimum atomic E-state index is 0.427. The first-order valence-electron chi connectivity index (χ1n) is 6.19. The number of aryl methyl sites for hydroxylation is 2. The van der Waals surface area contributed by atoms with E-state index in [9.17, 15) is 0 Å². The predicted molar refractivity (Wildman–Crippen MR) is 77.2 cm³/mol. The Morgan fingerprint density at radius 3 is 2.61 bits per heavy atom. The first-order valence-corrected chi connectivity index (χ1v) is 7.01. The average Bonchev–Trinajstić information content (AvgIpc) is 2.72. The Hall–Kier alpha value is -1.42. The third-order valence-electron chi connectivity index (χ3n) is 2.68. The van der Waals surface area contributed by atoms with Gasteiger partial charge in [0.25, 0.3) is 0 Å². The highest BCUT2D eigenvalue weighted by molar-refractivity contribution is 7.11. The van der Waals surface area contributed by atoms with Gasteiger partial charge in [0.05, 0.1) is 6.54 Å². The second kappa shape index (κ2) is 5.48. The van der Waals surface area contributed by atoms with Gasteiger partial charge in [-0.2, -0.15) is 0 Å². The molecule has 0 aromatic carbocycles. The smallest absolute Gasteiger partial charge is 0.223 e. The van der Waals surface area contributed by atoms with Crippen molar-refractivity contribution in [1.29, 1.82) is 0 Å². The van der Waals surface area contributed by atoms with E-state index in [0.29, 0.717) is 5.92 Å². The highest BCUT2D eigenvalue weighted by Gasteiger charge is 2.06. The van der Waals surface area contributed by atoms with Gasteiger partial charge in [-0.05, 0) is 38.0 Å². The van der Waals surface area contributed by atoms with Crippen molar-refractivity contribution in [3.8, 4) is 0 Å². The molecule has 2 rings (SSSR count). The van der Waals surface area contributed by atoms with Crippen LogP contribution in [-0.4, -0.2) is 9.97 Å². The molecule has 18 heavy (non-hydrogen) atoms. The molecule has 2 heterocycles. The fourth-order valence-electron chi connectivity index (χ4n) is 1.71. The molecule has 0 unspecified atom stereocenters. The van der Waals surface area contributed by atoms with Gasteiger partial charge in [0.15, 0.2) is 0 Å². The summed E-state index contributed by atoms with van der Waals surface area (Å²) >= 11 is 1.80. The van der Waals surface area contributed by atoms with Gasteiger partial charge < -0.3 is 5.32 Å². The van der Waals surface area contributed by atoms with Crippen LogP contribution in [0.5, 0.6) is 0 Å². The summed E-state index contributed by atoms with van der Waals surface area (Å²) in [7, 11) is 0. The molecule has 0 atom stereocenters. The van der Waals surface area contributed by atoms with Crippen molar-refractivity contribution < 1.29 is 0 Å². The highest BCUT2D eigenvalue weighted by atomic mass is 32.1. The second-order valence-electron chi connectivity index (χ2n) is 4.78. The number of thiophene rings is 1. The fourth-order valence-corrected chi connectivity index (χ4v) is 2.54. The van der Waals surface area contributed by atoms with Crippen LogP contribution < -0.4 is 5.32 Å². The Labute approximate surface area is 112 Å². The van der Waals surface area contributed by atoms with Crippen LogP contribution >= 0.6 is 11.3 Å². The summed E-state index contributed by atoms with van der Waals surface area (Å²) in [6.45, 7) is 9.21. The van der Waals surface area contributed by atoms with Crippen molar-refractivity contribution in [1.82, 2.24) is 9.97 Å². The van der Waals surface area contributed by atoms with Crippen molar-refractivity contribution in [3.05, 3.63) is 39.3 Å². The van der Waals surface area contributed by atoms with Crippen molar-refractivity contribution in [3.63, 3.8) is 0 Å². The molecule has 0 radical (unpaired) electrons. The zero-order chi connectivity index (χ0) is 13.1. The lowest BCUT2D eigenvalue weighted by molar-refractivity contribution is 0.808. The first-order chi connectivity index (χ1) is 8.54. The maximum absolute atomic E-state index is 4.54. The van der Waals surface area contributed by atoms with Crippen molar-refractivity contribution in [2.75, 3.05) is 5.32 Å². The molecule has 2 aromatic rings. The summed E-state index contributed by atoms with van der Waals surface area (Å²) in [6.07, 6.45) is 0. The van der Waals surface area contributed by atoms with Crippen molar-refractivity contribution >= 4 is 17.3 Å². The number of nitrogens with zero attached hydrogens (tertiary/aromatic N) is 2. The Kier molecular flexibility index (Phi) is 3.97. The summed E-state index contributed by atoms with van der Waals surface area (Å²) in [4.78, 5) is 11.6. The monoisotopic (exact) mass is 261 g/mol. The van der Waals surface area contributed by atoms with Gasteiger partial charge in [-0.25, -0.2) is 9.97 Å². The first kappa shape index (κ1) is 13.0. The molecule has 0 saturated heterocycles. The largest absolute Gasteiger partial charge is 0.349 e. The van der Waals surface area contributed by atoms with E-state index in [0.717, 1.165) is 23.9 Å². The molecule has 0 amide bonds. The molecule has 1 N–H and O–H groups in total. The van der Waals surface area contributed by atoms with Crippen LogP contribution in [-0.2, 0) is 6.54 Å². The second-order valence-corrected chi connectivity index (χ2v) is 6.15. The number of aromatic nitrogens is 2. The number of rotatable bonds is 4. The zero-order valence-corrected chi connectivity index (χ0v) is 12.1. The Balaban J connectivity index is 2.09. The van der Waals surface area contributed by atoms with Crippen LogP contribution in [0.1, 0.15) is 40.9 Å². The molecule has 0 saturated carbocycles. The average molecular weight is 261 g/mol. The van der Waals surface area contributed by atoms with E-state index in [2.05, 4.69) is 48.2 Å². The van der Waals surface area contributed by atoms with Crippen LogP contribution in [0.3, 0.4) is 0 Å². The van der Waals surface area contributed by atoms with E-state index in [1.165, 1.54) is 9.75 Å². The predicted octanol–water partition coefficient (Wildman–Crippen LogP) is 3.89. The molecule has 0 bridgehead atoms. The van der Waals surface area contributed by atoms with Gasteiger partial charge in [-0.15, -0.1) is 11.3 Å². The van der Waals surface area contributed by atoms with Gasteiger partial charge in [0, 0.05) is 21.1 Å². The topological polar surface area (TPSA) is 37.8 Å². The molecule has 0 aliphatic rings. The molecule has 3 nitrogen and oxygen atoms in total. The summed E-state index contributed by atoms with van der Waals surface area (Å²) < 4.78 is 0. The van der Waals surface area contributed by atoms with E-state index in [-0.39, 0.29) is 0 Å². The van der Waals surface area contributed by atoms with E-state index >= 15 is 0 Å². The normalized spacial score (nSPS) is 10.9. The molecular weight excluding hydrogens is 242 g/mol. The number of hydrogen-bond acceptors (Lipinski definition) is 4. The molecule has 0 fully saturated rings. The van der Waals surface area contributed by atoms with Crippen LogP contribution in [0.4, 0.5) is 5.95 Å². The van der Waals surface area contributed by atoms with Gasteiger partial charge in [0.1, 0.15) is 0 Å². The maximum atomic E-state index is 4.54. The number of hydrogen-bond donors (Lipinski definition) is 1. The summed E-state index contributed by atoms with van der Waals surface area (Å²) in [5.41, 5.74) is 2.10. The molecule has 0 aliphatic heterocycles. The van der Waals surface area contributed by atoms with Crippen LogP contribution in [0.25, 0.3) is 0 Å². The van der Waals surface area contributed by atoms with Crippen LogP contribution in [0.15, 0.2) is 18.2 Å². The van der Waals surface area contributed by atoms with Crippen LogP contribution in [0.2, 0.25) is 0 Å². The van der Waals surface area contributed by atoms with Crippen molar-refractivity contribution in [2.45, 2.75) is 40.2 Å². The Bertz CT molecular complexity index is 532. The third-order valence-corrected chi connectivity index (χ3v) is 3.68. The van der Waals surface area contributed by atoms with Gasteiger partial charge in [-0.1, -0.05) is 13.8 Å². The molecule has 2 aromatic heterocycles. The standard InChI is InChI=1S/C14H19N3S/c1-9(2)13-7-10(3)16-14(17-13)15-8-12-6-5-11(4)18-12/h5-7,9H,8H2,1-4H3,(H,15,16,17).